The summed E-state index contributed by atoms with van der Waals surface area (Å²) >= 11 is 2.32. The van der Waals surface area contributed by atoms with Gasteiger partial charge in [0.25, 0.3) is 0 Å². The van der Waals surface area contributed by atoms with Gasteiger partial charge in [0, 0.05) is 4.43 Å². The maximum atomic E-state index is 5.58. The Balaban J connectivity index is 3.28. The third kappa shape index (κ3) is 8.65. The van der Waals surface area contributed by atoms with Gasteiger partial charge in [0.2, 0.25) is 0 Å². The van der Waals surface area contributed by atoms with E-state index < -0.39 is 8.32 Å². The van der Waals surface area contributed by atoms with Crippen molar-refractivity contribution in [2.75, 3.05) is 11.0 Å². The van der Waals surface area contributed by atoms with E-state index in [0.29, 0.717) is 0 Å². The largest absolute Gasteiger partial charge is 0.414 e. The number of halogens is 1. The monoisotopic (exact) mass is 270 g/mol. The lowest BCUT2D eigenvalue weighted by Crippen LogP contribution is -2.25. The minimum absolute atomic E-state index is 0.790. The van der Waals surface area contributed by atoms with Crippen molar-refractivity contribution < 1.29 is 4.43 Å². The quantitative estimate of drug-likeness (QED) is 0.330. The lowest BCUT2D eigenvalue weighted by molar-refractivity contribution is 0.357. The smallest absolute Gasteiger partial charge is 0.184 e. The first-order valence-electron chi connectivity index (χ1n) is 3.41. The molecule has 10 heavy (non-hydrogen) atoms. The first-order valence-corrected chi connectivity index (χ1v) is 8.34. The van der Waals surface area contributed by atoms with Crippen molar-refractivity contribution >= 4 is 30.9 Å². The van der Waals surface area contributed by atoms with Gasteiger partial charge in [0.1, 0.15) is 0 Å². The van der Waals surface area contributed by atoms with E-state index in [1.807, 2.05) is 0 Å². The van der Waals surface area contributed by atoms with Gasteiger partial charge in [0.05, 0.1) is 6.61 Å². The fourth-order valence-corrected chi connectivity index (χ4v) is 1.38. The van der Waals surface area contributed by atoms with E-state index in [9.17, 15) is 0 Å². The van der Waals surface area contributed by atoms with Crippen molar-refractivity contribution in [3.05, 3.63) is 12.2 Å². The number of allylic oxidation sites excluding steroid dienone is 1. The van der Waals surface area contributed by atoms with E-state index in [2.05, 4.69) is 54.4 Å². The minimum Gasteiger partial charge on any atom is -0.414 e. The van der Waals surface area contributed by atoms with Crippen LogP contribution in [0.3, 0.4) is 0 Å². The molecule has 0 fully saturated rings. The normalized spacial score (nSPS) is 12.8. The van der Waals surface area contributed by atoms with Crippen LogP contribution in [0.5, 0.6) is 0 Å². The van der Waals surface area contributed by atoms with Crippen LogP contribution in [0, 0.1) is 0 Å². The maximum absolute atomic E-state index is 5.58. The molecule has 0 heterocycles. The van der Waals surface area contributed by atoms with Crippen molar-refractivity contribution in [2.24, 2.45) is 0 Å². The lowest BCUT2D eigenvalue weighted by atomic mass is 10.6. The Hall–Kier alpha value is 0.647. The van der Waals surface area contributed by atoms with E-state index in [4.69, 9.17) is 4.43 Å². The number of hydrogen-bond acceptors (Lipinski definition) is 1. The molecule has 0 rings (SSSR count). The second-order valence-electron chi connectivity index (χ2n) is 3.05. The fourth-order valence-electron chi connectivity index (χ4n) is 0.429. The standard InChI is InChI=1S/C7H15IOSi/c1-10(2,3)9-7-5-4-6-8/h4-5H,6-7H2,1-3H3/b5-4-. The molecule has 0 N–H and O–H groups in total. The molecule has 60 valence electrons. The summed E-state index contributed by atoms with van der Waals surface area (Å²) in [6.07, 6.45) is 4.21. The summed E-state index contributed by atoms with van der Waals surface area (Å²) in [5.74, 6) is 0. The minimum atomic E-state index is -1.26. The van der Waals surface area contributed by atoms with E-state index in [-0.39, 0.29) is 0 Å². The Kier molecular flexibility index (Phi) is 5.66. The van der Waals surface area contributed by atoms with Gasteiger partial charge in [-0.3, -0.25) is 0 Å². The van der Waals surface area contributed by atoms with Gasteiger partial charge in [-0.2, -0.15) is 0 Å². The number of hydrogen-bond donors (Lipinski definition) is 0. The Morgan fingerprint density at radius 1 is 1.30 bits per heavy atom. The van der Waals surface area contributed by atoms with Crippen LogP contribution in [-0.2, 0) is 4.43 Å². The molecule has 0 aromatic carbocycles. The maximum Gasteiger partial charge on any atom is 0.184 e. The highest BCUT2D eigenvalue weighted by atomic mass is 127. The zero-order valence-corrected chi connectivity index (χ0v) is 10.0. The first kappa shape index (κ1) is 10.6. The Morgan fingerprint density at radius 3 is 2.30 bits per heavy atom. The topological polar surface area (TPSA) is 9.23 Å². The summed E-state index contributed by atoms with van der Waals surface area (Å²) in [7, 11) is -1.26. The van der Waals surface area contributed by atoms with Crippen molar-refractivity contribution in [3.63, 3.8) is 0 Å². The summed E-state index contributed by atoms with van der Waals surface area (Å²) < 4.78 is 6.66. The molecule has 0 unspecified atom stereocenters. The molecule has 0 bridgehead atoms. The predicted octanol–water partition coefficient (Wildman–Crippen LogP) is 2.83. The number of rotatable bonds is 4. The van der Waals surface area contributed by atoms with E-state index in [0.717, 1.165) is 11.0 Å². The molecular formula is C7H15IOSi. The van der Waals surface area contributed by atoms with Crippen LogP contribution < -0.4 is 0 Å². The highest BCUT2D eigenvalue weighted by Gasteiger charge is 2.11. The molecular weight excluding hydrogens is 255 g/mol. The molecule has 0 aliphatic carbocycles. The molecule has 0 atom stereocenters. The Bertz CT molecular complexity index is 107. The fraction of sp³-hybridized carbons (Fsp3) is 0.714. The molecule has 0 spiro atoms. The van der Waals surface area contributed by atoms with Crippen LogP contribution in [-0.4, -0.2) is 19.4 Å². The zero-order chi connectivity index (χ0) is 8.04. The van der Waals surface area contributed by atoms with Crippen LogP contribution in [0.25, 0.3) is 0 Å². The van der Waals surface area contributed by atoms with Crippen molar-refractivity contribution in [3.8, 4) is 0 Å². The second-order valence-corrected chi connectivity index (χ2v) is 8.44. The van der Waals surface area contributed by atoms with Gasteiger partial charge in [0.15, 0.2) is 8.32 Å². The molecule has 0 aromatic heterocycles. The molecule has 0 aliphatic heterocycles. The van der Waals surface area contributed by atoms with Crippen molar-refractivity contribution in [1.29, 1.82) is 0 Å². The number of alkyl halides is 1. The van der Waals surface area contributed by atoms with Crippen LogP contribution in [0.1, 0.15) is 0 Å². The Labute approximate surface area is 78.1 Å². The first-order chi connectivity index (χ1) is 4.56. The van der Waals surface area contributed by atoms with Crippen LogP contribution in [0.15, 0.2) is 12.2 Å². The summed E-state index contributed by atoms with van der Waals surface area (Å²) in [5.41, 5.74) is 0. The lowest BCUT2D eigenvalue weighted by Gasteiger charge is -2.14. The van der Waals surface area contributed by atoms with Gasteiger partial charge in [-0.1, -0.05) is 34.7 Å². The molecule has 1 nitrogen and oxygen atoms in total. The van der Waals surface area contributed by atoms with Gasteiger partial charge < -0.3 is 4.43 Å². The van der Waals surface area contributed by atoms with Crippen molar-refractivity contribution in [1.82, 2.24) is 0 Å². The average molecular weight is 270 g/mol. The molecule has 0 saturated heterocycles. The predicted molar refractivity (Wildman–Crippen MR) is 57.3 cm³/mol. The summed E-state index contributed by atoms with van der Waals surface area (Å²) in [4.78, 5) is 0. The summed E-state index contributed by atoms with van der Waals surface area (Å²) in [5, 5.41) is 0. The average Bonchev–Trinajstić information content (AvgIpc) is 1.78. The molecule has 0 radical (unpaired) electrons. The van der Waals surface area contributed by atoms with Crippen LogP contribution in [0.4, 0.5) is 0 Å². The highest BCUT2D eigenvalue weighted by molar-refractivity contribution is 14.1. The molecule has 0 aliphatic rings. The van der Waals surface area contributed by atoms with E-state index in [1.165, 1.54) is 0 Å². The second kappa shape index (κ2) is 5.32. The third-order valence-corrected chi connectivity index (χ3v) is 2.41. The highest BCUT2D eigenvalue weighted by Crippen LogP contribution is 2.01. The van der Waals surface area contributed by atoms with Gasteiger partial charge in [-0.15, -0.1) is 0 Å². The van der Waals surface area contributed by atoms with Gasteiger partial charge >= 0.3 is 0 Å². The molecule has 0 saturated carbocycles. The Morgan fingerprint density at radius 2 is 1.90 bits per heavy atom. The van der Waals surface area contributed by atoms with Crippen LogP contribution in [0.2, 0.25) is 19.6 Å². The third-order valence-electron chi connectivity index (χ3n) is 0.868. The molecule has 3 heteroatoms. The van der Waals surface area contributed by atoms with Gasteiger partial charge in [-0.25, -0.2) is 0 Å². The van der Waals surface area contributed by atoms with Crippen molar-refractivity contribution in [2.45, 2.75) is 19.6 Å². The zero-order valence-electron chi connectivity index (χ0n) is 6.86. The molecule has 0 aromatic rings. The van der Waals surface area contributed by atoms with Crippen LogP contribution >= 0.6 is 22.6 Å². The van der Waals surface area contributed by atoms with E-state index in [1.54, 1.807) is 0 Å². The summed E-state index contributed by atoms with van der Waals surface area (Å²) in [6.45, 7) is 7.39. The van der Waals surface area contributed by atoms with E-state index >= 15 is 0 Å². The van der Waals surface area contributed by atoms with Gasteiger partial charge in [-0.05, 0) is 19.6 Å². The summed E-state index contributed by atoms with van der Waals surface area (Å²) in [6, 6.07) is 0. The SMILES string of the molecule is C[Si](C)(C)OC/C=C\CI. The molecule has 0 amide bonds.